The molecule has 0 amide bonds. The Balaban J connectivity index is 2.62. The van der Waals surface area contributed by atoms with Crippen LogP contribution >= 0.6 is 0 Å². The van der Waals surface area contributed by atoms with E-state index in [9.17, 15) is 5.11 Å². The molecule has 0 fully saturated rings. The van der Waals surface area contributed by atoms with Crippen LogP contribution in [-0.4, -0.2) is 15.3 Å². The summed E-state index contributed by atoms with van der Waals surface area (Å²) in [5, 5.41) is 16.6. The van der Waals surface area contributed by atoms with Crippen molar-refractivity contribution in [2.45, 2.75) is 6.92 Å². The fraction of sp³-hybridized carbons (Fsp3) is 0.0833. The van der Waals surface area contributed by atoms with Crippen LogP contribution < -0.4 is 11.5 Å². The van der Waals surface area contributed by atoms with Gasteiger partial charge < -0.3 is 16.6 Å². The smallest absolute Gasteiger partial charge is 0.156 e. The average Bonchev–Trinajstić information content (AvgIpc) is 2.71. The predicted molar refractivity (Wildman–Crippen MR) is 67.8 cm³/mol. The zero-order chi connectivity index (χ0) is 12.4. The first kappa shape index (κ1) is 11.1. The van der Waals surface area contributed by atoms with Gasteiger partial charge in [0.05, 0.1) is 11.3 Å². The van der Waals surface area contributed by atoms with Crippen LogP contribution in [0.4, 0.5) is 5.82 Å². The Morgan fingerprint density at radius 2 is 1.94 bits per heavy atom. The number of hydrogen-bond acceptors (Lipinski definition) is 4. The normalized spacial score (nSPS) is 12.3. The van der Waals surface area contributed by atoms with Gasteiger partial charge in [-0.1, -0.05) is 30.3 Å². The molecule has 0 radical (unpaired) electrons. The van der Waals surface area contributed by atoms with E-state index in [2.05, 4.69) is 10.2 Å². The van der Waals surface area contributed by atoms with Crippen molar-refractivity contribution in [1.82, 2.24) is 10.2 Å². The molecule has 0 saturated heterocycles. The van der Waals surface area contributed by atoms with Crippen molar-refractivity contribution < 1.29 is 5.11 Å². The van der Waals surface area contributed by atoms with Gasteiger partial charge in [-0.3, -0.25) is 5.10 Å². The molecule has 0 aliphatic rings. The van der Waals surface area contributed by atoms with Crippen LogP contribution in [-0.2, 0) is 0 Å². The number of allylic oxidation sites excluding steroid dienone is 1. The number of aliphatic hydroxyl groups is 1. The van der Waals surface area contributed by atoms with Crippen molar-refractivity contribution in [3.63, 3.8) is 0 Å². The van der Waals surface area contributed by atoms with Crippen LogP contribution in [0.5, 0.6) is 0 Å². The Labute approximate surface area is 98.8 Å². The highest BCUT2D eigenvalue weighted by Gasteiger charge is 2.17. The summed E-state index contributed by atoms with van der Waals surface area (Å²) in [5.74, 6) is 0.182. The molecule has 1 aromatic heterocycles. The lowest BCUT2D eigenvalue weighted by molar-refractivity contribution is 0.506. The summed E-state index contributed by atoms with van der Waals surface area (Å²) >= 11 is 0. The molecule has 2 aromatic rings. The first-order valence-corrected chi connectivity index (χ1v) is 5.16. The molecule has 5 nitrogen and oxygen atoms in total. The number of hydrogen-bond donors (Lipinski definition) is 4. The quantitative estimate of drug-likeness (QED) is 0.591. The van der Waals surface area contributed by atoms with E-state index in [0.717, 1.165) is 5.56 Å². The van der Waals surface area contributed by atoms with Gasteiger partial charge in [-0.05, 0) is 6.92 Å². The van der Waals surface area contributed by atoms with Crippen LogP contribution in [0.1, 0.15) is 12.5 Å². The molecule has 0 aliphatic heterocycles. The van der Waals surface area contributed by atoms with E-state index in [4.69, 9.17) is 11.5 Å². The molecule has 88 valence electrons. The Hall–Kier alpha value is -2.43. The summed E-state index contributed by atoms with van der Waals surface area (Å²) in [7, 11) is 0. The maximum atomic E-state index is 9.92. The summed E-state index contributed by atoms with van der Waals surface area (Å²) in [6, 6.07) is 9.50. The van der Waals surface area contributed by atoms with Crippen LogP contribution in [0.3, 0.4) is 0 Å². The number of nitrogens with two attached hydrogens (primary N) is 2. The molecule has 1 heterocycles. The van der Waals surface area contributed by atoms with Crippen LogP contribution in [0.15, 0.2) is 36.0 Å². The lowest BCUT2D eigenvalue weighted by atomic mass is 10.1. The molecule has 0 unspecified atom stereocenters. The Bertz CT molecular complexity index is 553. The number of aliphatic hydroxyl groups excluding tert-OH is 1. The first-order chi connectivity index (χ1) is 8.11. The summed E-state index contributed by atoms with van der Waals surface area (Å²) in [6.45, 7) is 1.61. The number of aromatic amines is 1. The fourth-order valence-corrected chi connectivity index (χ4v) is 1.61. The van der Waals surface area contributed by atoms with E-state index in [-0.39, 0.29) is 11.6 Å². The second kappa shape index (κ2) is 4.21. The molecular weight excluding hydrogens is 216 g/mol. The van der Waals surface area contributed by atoms with Gasteiger partial charge in [0.1, 0.15) is 5.76 Å². The molecule has 0 bridgehead atoms. The number of nitrogens with zero attached hydrogens (tertiary/aromatic N) is 1. The fourth-order valence-electron chi connectivity index (χ4n) is 1.61. The predicted octanol–water partition coefficient (Wildman–Crippen LogP) is 1.86. The molecule has 5 heteroatoms. The molecule has 1 aromatic carbocycles. The van der Waals surface area contributed by atoms with E-state index in [1.54, 1.807) is 6.92 Å². The number of aromatic nitrogens is 2. The molecule has 0 spiro atoms. The molecule has 17 heavy (non-hydrogen) atoms. The SMILES string of the molecule is C/C(N)=C(\O)c1c(N)n[nH]c1-c1ccccc1. The second-order valence-corrected chi connectivity index (χ2v) is 3.76. The first-order valence-electron chi connectivity index (χ1n) is 5.16. The third-order valence-corrected chi connectivity index (χ3v) is 2.47. The molecule has 6 N–H and O–H groups in total. The molecule has 0 atom stereocenters. The van der Waals surface area contributed by atoms with Gasteiger partial charge in [-0.2, -0.15) is 5.10 Å². The standard InChI is InChI=1S/C12H14N4O/c1-7(13)11(17)9-10(15-16-12(9)14)8-5-3-2-4-6-8/h2-6,17H,13H2,1H3,(H3,14,15,16)/b11-7+. The third-order valence-electron chi connectivity index (χ3n) is 2.47. The van der Waals surface area contributed by atoms with Gasteiger partial charge in [0.2, 0.25) is 0 Å². The lowest BCUT2D eigenvalue weighted by Crippen LogP contribution is -2.00. The van der Waals surface area contributed by atoms with Gasteiger partial charge in [0, 0.05) is 11.3 Å². The van der Waals surface area contributed by atoms with Gasteiger partial charge >= 0.3 is 0 Å². The summed E-state index contributed by atoms with van der Waals surface area (Å²) in [4.78, 5) is 0. The Morgan fingerprint density at radius 3 is 2.53 bits per heavy atom. The zero-order valence-corrected chi connectivity index (χ0v) is 9.44. The van der Waals surface area contributed by atoms with Crippen LogP contribution in [0.2, 0.25) is 0 Å². The zero-order valence-electron chi connectivity index (χ0n) is 9.44. The van der Waals surface area contributed by atoms with Gasteiger partial charge in [0.15, 0.2) is 5.82 Å². The van der Waals surface area contributed by atoms with Crippen molar-refractivity contribution in [1.29, 1.82) is 0 Å². The van der Waals surface area contributed by atoms with Gasteiger partial charge in [-0.25, -0.2) is 0 Å². The Morgan fingerprint density at radius 1 is 1.29 bits per heavy atom. The van der Waals surface area contributed by atoms with E-state index < -0.39 is 0 Å². The number of anilines is 1. The second-order valence-electron chi connectivity index (χ2n) is 3.76. The van der Waals surface area contributed by atoms with E-state index in [1.165, 1.54) is 0 Å². The summed E-state index contributed by atoms with van der Waals surface area (Å²) in [5.41, 5.74) is 13.6. The molecule has 2 rings (SSSR count). The minimum atomic E-state index is -0.0462. The summed E-state index contributed by atoms with van der Waals surface area (Å²) < 4.78 is 0. The van der Waals surface area contributed by atoms with Gasteiger partial charge in [0.25, 0.3) is 0 Å². The summed E-state index contributed by atoms with van der Waals surface area (Å²) in [6.07, 6.45) is 0. The van der Waals surface area contributed by atoms with Crippen molar-refractivity contribution >= 4 is 11.6 Å². The number of rotatable bonds is 2. The van der Waals surface area contributed by atoms with Crippen molar-refractivity contribution in [2.24, 2.45) is 5.73 Å². The highest BCUT2D eigenvalue weighted by Crippen LogP contribution is 2.30. The number of benzene rings is 1. The van der Waals surface area contributed by atoms with Crippen molar-refractivity contribution in [3.8, 4) is 11.3 Å². The molecular formula is C12H14N4O. The van der Waals surface area contributed by atoms with E-state index >= 15 is 0 Å². The minimum absolute atomic E-state index is 0.0462. The van der Waals surface area contributed by atoms with E-state index in [0.29, 0.717) is 17.0 Å². The average molecular weight is 230 g/mol. The van der Waals surface area contributed by atoms with Crippen molar-refractivity contribution in [2.75, 3.05) is 5.73 Å². The highest BCUT2D eigenvalue weighted by atomic mass is 16.3. The lowest BCUT2D eigenvalue weighted by Gasteiger charge is -2.05. The number of H-pyrrole nitrogens is 1. The third kappa shape index (κ3) is 1.94. The van der Waals surface area contributed by atoms with E-state index in [1.807, 2.05) is 30.3 Å². The largest absolute Gasteiger partial charge is 0.505 e. The maximum absolute atomic E-state index is 9.92. The van der Waals surface area contributed by atoms with Crippen LogP contribution in [0, 0.1) is 0 Å². The maximum Gasteiger partial charge on any atom is 0.156 e. The number of nitrogens with one attached hydrogen (secondary N) is 1. The minimum Gasteiger partial charge on any atom is -0.505 e. The molecule has 0 saturated carbocycles. The van der Waals surface area contributed by atoms with Crippen LogP contribution in [0.25, 0.3) is 17.0 Å². The van der Waals surface area contributed by atoms with Gasteiger partial charge in [-0.15, -0.1) is 0 Å². The monoisotopic (exact) mass is 230 g/mol. The number of nitrogen functional groups attached to an aromatic ring is 1. The Kier molecular flexibility index (Phi) is 2.74. The topological polar surface area (TPSA) is 101 Å². The highest BCUT2D eigenvalue weighted by molar-refractivity contribution is 5.82. The molecule has 0 aliphatic carbocycles. The van der Waals surface area contributed by atoms with Crippen molar-refractivity contribution in [3.05, 3.63) is 41.6 Å².